The van der Waals surface area contributed by atoms with Gasteiger partial charge in [-0.15, -0.1) is 0 Å². The van der Waals surface area contributed by atoms with Gasteiger partial charge in [-0.1, -0.05) is 12.1 Å². The number of hydrogen-bond acceptors (Lipinski definition) is 2. The smallest absolute Gasteiger partial charge is 0.267 e. The summed E-state index contributed by atoms with van der Waals surface area (Å²) < 4.78 is 13.2. The first kappa shape index (κ1) is 16.7. The number of carbonyl (C=O) groups is 2. The number of carbonyl (C=O) groups excluding carboxylic acids is 2. The first-order chi connectivity index (χ1) is 12.1. The minimum atomic E-state index is -0.342. The van der Waals surface area contributed by atoms with Crippen LogP contribution in [0.1, 0.15) is 33.3 Å². The van der Waals surface area contributed by atoms with Gasteiger partial charge in [-0.25, -0.2) is 4.39 Å². The monoisotopic (exact) mass is 339 g/mol. The van der Waals surface area contributed by atoms with E-state index in [1.165, 1.54) is 12.1 Å². The Morgan fingerprint density at radius 1 is 1.00 bits per heavy atom. The van der Waals surface area contributed by atoms with E-state index in [4.69, 9.17) is 0 Å². The fourth-order valence-electron chi connectivity index (χ4n) is 2.54. The second-order valence-corrected chi connectivity index (χ2v) is 5.65. The maximum atomic E-state index is 13.2. The summed E-state index contributed by atoms with van der Waals surface area (Å²) in [5.41, 5.74) is 2.54. The van der Waals surface area contributed by atoms with Gasteiger partial charge in [0, 0.05) is 29.6 Å². The van der Waals surface area contributed by atoms with Crippen LogP contribution in [0.4, 0.5) is 4.39 Å². The van der Waals surface area contributed by atoms with Crippen molar-refractivity contribution in [2.75, 3.05) is 6.54 Å². The summed E-state index contributed by atoms with van der Waals surface area (Å²) in [7, 11) is 0. The molecule has 25 heavy (non-hydrogen) atoms. The largest absolute Gasteiger partial charge is 0.352 e. The van der Waals surface area contributed by atoms with Crippen LogP contribution >= 0.6 is 0 Å². The van der Waals surface area contributed by atoms with Gasteiger partial charge < -0.3 is 15.6 Å². The van der Waals surface area contributed by atoms with E-state index in [9.17, 15) is 14.0 Å². The van der Waals surface area contributed by atoms with Crippen LogP contribution in [0.5, 0.6) is 0 Å². The molecule has 0 spiro atoms. The van der Waals surface area contributed by atoms with Gasteiger partial charge in [0.15, 0.2) is 0 Å². The highest BCUT2D eigenvalue weighted by molar-refractivity contribution is 5.98. The summed E-state index contributed by atoms with van der Waals surface area (Å²) in [5, 5.41) is 6.18. The molecule has 1 heterocycles. The molecule has 6 heteroatoms. The van der Waals surface area contributed by atoms with Crippen molar-refractivity contribution >= 4 is 22.7 Å². The van der Waals surface area contributed by atoms with E-state index in [-0.39, 0.29) is 17.6 Å². The van der Waals surface area contributed by atoms with Crippen LogP contribution in [-0.4, -0.2) is 23.3 Å². The Balaban J connectivity index is 1.64. The quantitative estimate of drug-likeness (QED) is 0.668. The molecule has 0 aliphatic heterocycles. The average Bonchev–Trinajstić information content (AvgIpc) is 3.03. The normalized spacial score (nSPS) is 10.6. The first-order valence-electron chi connectivity index (χ1n) is 8.00. The predicted octanol–water partition coefficient (Wildman–Crippen LogP) is 2.99. The van der Waals surface area contributed by atoms with E-state index < -0.39 is 0 Å². The van der Waals surface area contributed by atoms with E-state index >= 15 is 0 Å². The van der Waals surface area contributed by atoms with Crippen LogP contribution < -0.4 is 10.6 Å². The van der Waals surface area contributed by atoms with Crippen LogP contribution in [0, 0.1) is 5.82 Å². The molecule has 5 nitrogen and oxygen atoms in total. The second kappa shape index (κ2) is 7.17. The number of nitrogens with one attached hydrogen (secondary N) is 3. The van der Waals surface area contributed by atoms with Gasteiger partial charge >= 0.3 is 0 Å². The molecule has 0 bridgehead atoms. The number of halogens is 1. The number of benzene rings is 2. The lowest BCUT2D eigenvalue weighted by molar-refractivity contribution is 0.0941. The molecular weight excluding hydrogens is 321 g/mol. The van der Waals surface area contributed by atoms with E-state index in [2.05, 4.69) is 15.6 Å². The summed E-state index contributed by atoms with van der Waals surface area (Å²) >= 11 is 0. The van der Waals surface area contributed by atoms with Crippen LogP contribution in [0.25, 0.3) is 10.9 Å². The zero-order valence-corrected chi connectivity index (χ0v) is 13.7. The molecule has 0 aliphatic rings. The van der Waals surface area contributed by atoms with Gasteiger partial charge in [-0.3, -0.25) is 9.59 Å². The molecule has 3 aromatic rings. The Hall–Kier alpha value is -3.15. The number of amides is 2. The Morgan fingerprint density at radius 2 is 1.76 bits per heavy atom. The molecule has 3 N–H and O–H groups in total. The Morgan fingerprint density at radius 3 is 2.48 bits per heavy atom. The number of aromatic amines is 1. The highest BCUT2D eigenvalue weighted by Crippen LogP contribution is 2.16. The molecule has 2 aromatic carbocycles. The van der Waals surface area contributed by atoms with Gasteiger partial charge in [0.05, 0.1) is 0 Å². The molecule has 0 aliphatic carbocycles. The Bertz CT molecular complexity index is 916. The molecule has 2 amide bonds. The molecule has 0 fully saturated rings. The summed E-state index contributed by atoms with van der Waals surface area (Å²) in [6, 6.07) is 13.0. The maximum Gasteiger partial charge on any atom is 0.267 e. The van der Waals surface area contributed by atoms with Crippen LogP contribution in [-0.2, 0) is 6.54 Å². The third-order valence-corrected chi connectivity index (χ3v) is 3.83. The van der Waals surface area contributed by atoms with Crippen molar-refractivity contribution in [3.05, 3.63) is 71.2 Å². The van der Waals surface area contributed by atoms with Gasteiger partial charge in [0.25, 0.3) is 11.8 Å². The van der Waals surface area contributed by atoms with Crippen molar-refractivity contribution in [2.45, 2.75) is 13.5 Å². The first-order valence-corrected chi connectivity index (χ1v) is 8.00. The van der Waals surface area contributed by atoms with E-state index in [0.717, 1.165) is 5.56 Å². The average molecular weight is 339 g/mol. The number of H-pyrrole nitrogens is 1. The predicted molar refractivity (Wildman–Crippen MR) is 93.9 cm³/mol. The van der Waals surface area contributed by atoms with Gasteiger partial charge in [0.2, 0.25) is 0 Å². The molecule has 3 rings (SSSR count). The standard InChI is InChI=1S/C19H18FN3O2/c1-2-21-18(24)13-5-3-12(4-6-13)11-22-19(25)17-10-14-9-15(20)7-8-16(14)23-17/h3-10,23H,2,11H2,1H3,(H,21,24)(H,22,25). The van der Waals surface area contributed by atoms with Crippen LogP contribution in [0.3, 0.4) is 0 Å². The van der Waals surface area contributed by atoms with E-state index in [1.807, 2.05) is 6.92 Å². The zero-order valence-electron chi connectivity index (χ0n) is 13.7. The van der Waals surface area contributed by atoms with E-state index in [1.54, 1.807) is 36.4 Å². The molecule has 0 saturated carbocycles. The Labute approximate surface area is 144 Å². The van der Waals surface area contributed by atoms with Gasteiger partial charge in [-0.2, -0.15) is 0 Å². The number of fused-ring (bicyclic) bond motifs is 1. The molecule has 1 aromatic heterocycles. The molecule has 0 unspecified atom stereocenters. The zero-order chi connectivity index (χ0) is 17.8. The minimum absolute atomic E-state index is 0.122. The molecule has 0 radical (unpaired) electrons. The van der Waals surface area contributed by atoms with Crippen molar-refractivity contribution in [3.63, 3.8) is 0 Å². The fraction of sp³-hybridized carbons (Fsp3) is 0.158. The summed E-state index contributed by atoms with van der Waals surface area (Å²) in [6.07, 6.45) is 0. The highest BCUT2D eigenvalue weighted by atomic mass is 19.1. The molecule has 0 saturated heterocycles. The lowest BCUT2D eigenvalue weighted by Crippen LogP contribution is -2.24. The topological polar surface area (TPSA) is 74.0 Å². The van der Waals surface area contributed by atoms with Crippen molar-refractivity contribution in [3.8, 4) is 0 Å². The second-order valence-electron chi connectivity index (χ2n) is 5.65. The maximum absolute atomic E-state index is 13.2. The highest BCUT2D eigenvalue weighted by Gasteiger charge is 2.10. The Kier molecular flexibility index (Phi) is 4.79. The lowest BCUT2D eigenvalue weighted by atomic mass is 10.1. The number of aromatic nitrogens is 1. The third kappa shape index (κ3) is 3.85. The summed E-state index contributed by atoms with van der Waals surface area (Å²) in [4.78, 5) is 26.9. The van der Waals surface area contributed by atoms with Gasteiger partial charge in [0.1, 0.15) is 11.5 Å². The lowest BCUT2D eigenvalue weighted by Gasteiger charge is -2.06. The molecular formula is C19H18FN3O2. The number of rotatable bonds is 5. The number of hydrogen-bond donors (Lipinski definition) is 3. The van der Waals surface area contributed by atoms with Crippen LogP contribution in [0.15, 0.2) is 48.5 Å². The van der Waals surface area contributed by atoms with Crippen molar-refractivity contribution in [1.82, 2.24) is 15.6 Å². The van der Waals surface area contributed by atoms with Crippen LogP contribution in [0.2, 0.25) is 0 Å². The van der Waals surface area contributed by atoms with Crippen molar-refractivity contribution in [1.29, 1.82) is 0 Å². The molecule has 128 valence electrons. The van der Waals surface area contributed by atoms with E-state index in [0.29, 0.717) is 35.2 Å². The minimum Gasteiger partial charge on any atom is -0.352 e. The van der Waals surface area contributed by atoms with Crippen molar-refractivity contribution in [2.24, 2.45) is 0 Å². The summed E-state index contributed by atoms with van der Waals surface area (Å²) in [5.74, 6) is -0.738. The summed E-state index contributed by atoms with van der Waals surface area (Å²) in [6.45, 7) is 2.77. The van der Waals surface area contributed by atoms with Gasteiger partial charge in [-0.05, 0) is 48.9 Å². The fourth-order valence-corrected chi connectivity index (χ4v) is 2.54. The third-order valence-electron chi connectivity index (χ3n) is 3.83. The SMILES string of the molecule is CCNC(=O)c1ccc(CNC(=O)c2cc3cc(F)ccc3[nH]2)cc1. The molecule has 0 atom stereocenters. The van der Waals surface area contributed by atoms with Crippen molar-refractivity contribution < 1.29 is 14.0 Å².